The van der Waals surface area contributed by atoms with Gasteiger partial charge in [0.25, 0.3) is 0 Å². The highest BCUT2D eigenvalue weighted by Gasteiger charge is 2.34. The molecule has 2 N–H and O–H groups in total. The van der Waals surface area contributed by atoms with Crippen molar-refractivity contribution in [3.05, 3.63) is 60.9 Å². The van der Waals surface area contributed by atoms with E-state index in [9.17, 15) is 4.79 Å². The number of para-hydroxylation sites is 1. The number of aromatic nitrogens is 4. The minimum absolute atomic E-state index is 0.0437. The van der Waals surface area contributed by atoms with Gasteiger partial charge in [0.1, 0.15) is 41.1 Å². The van der Waals surface area contributed by atoms with Crippen LogP contribution in [0.3, 0.4) is 0 Å². The molecule has 38 heavy (non-hydrogen) atoms. The highest BCUT2D eigenvalue weighted by Crippen LogP contribution is 2.36. The van der Waals surface area contributed by atoms with Crippen LogP contribution >= 0.6 is 0 Å². The van der Waals surface area contributed by atoms with Gasteiger partial charge in [0.2, 0.25) is 0 Å². The van der Waals surface area contributed by atoms with Gasteiger partial charge in [-0.1, -0.05) is 18.2 Å². The number of alkyl halides is 1. The number of nitrogens with zero attached hydrogens (tertiary/aromatic N) is 5. The van der Waals surface area contributed by atoms with Gasteiger partial charge in [0.15, 0.2) is 5.65 Å². The van der Waals surface area contributed by atoms with E-state index in [-0.39, 0.29) is 24.9 Å². The number of nitrogen functional groups attached to an aromatic ring is 1. The zero-order valence-corrected chi connectivity index (χ0v) is 21.7. The average Bonchev–Trinajstić information content (AvgIpc) is 3.25. The molecule has 1 aliphatic rings. The molecule has 0 aliphatic carbocycles. The summed E-state index contributed by atoms with van der Waals surface area (Å²) in [6.07, 6.45) is 0.551. The topological polar surface area (TPSA) is 108 Å². The van der Waals surface area contributed by atoms with E-state index in [0.29, 0.717) is 35.4 Å². The summed E-state index contributed by atoms with van der Waals surface area (Å²) in [4.78, 5) is 22.6. The number of esters is 1. The van der Waals surface area contributed by atoms with Crippen LogP contribution in [0.15, 0.2) is 60.9 Å². The molecule has 2 unspecified atom stereocenters. The first kappa shape index (κ1) is 25.6. The predicted molar refractivity (Wildman–Crippen MR) is 143 cm³/mol. The molecule has 2 aromatic carbocycles. The highest BCUT2D eigenvalue weighted by atomic mass is 19.1. The summed E-state index contributed by atoms with van der Waals surface area (Å²) in [5, 5.41) is 5.36. The first-order valence-corrected chi connectivity index (χ1v) is 12.6. The number of likely N-dealkylation sites (tertiary alicyclic amines) is 1. The number of hydrogen-bond acceptors (Lipinski definition) is 8. The van der Waals surface area contributed by atoms with E-state index in [1.807, 2.05) is 75.4 Å². The number of nitrogens with two attached hydrogens (primary N) is 1. The minimum Gasteiger partial charge on any atom is -0.459 e. The third-order valence-corrected chi connectivity index (χ3v) is 6.30. The zero-order chi connectivity index (χ0) is 26.9. The fourth-order valence-corrected chi connectivity index (χ4v) is 4.66. The van der Waals surface area contributed by atoms with Crippen LogP contribution in [0, 0.1) is 0 Å². The molecule has 0 bridgehead atoms. The lowest BCUT2D eigenvalue weighted by Gasteiger charge is -2.34. The molecule has 0 amide bonds. The molecule has 4 aromatic rings. The predicted octanol–water partition coefficient (Wildman–Crippen LogP) is 4.79. The van der Waals surface area contributed by atoms with Crippen LogP contribution in [0.4, 0.5) is 10.2 Å². The first-order chi connectivity index (χ1) is 18.2. The molecule has 2 atom stereocenters. The second-order valence-corrected chi connectivity index (χ2v) is 10.4. The third-order valence-electron chi connectivity index (χ3n) is 6.30. The van der Waals surface area contributed by atoms with Gasteiger partial charge >= 0.3 is 5.97 Å². The number of piperidine rings is 1. The van der Waals surface area contributed by atoms with Crippen molar-refractivity contribution in [1.29, 1.82) is 0 Å². The van der Waals surface area contributed by atoms with Gasteiger partial charge in [-0.15, -0.1) is 0 Å². The van der Waals surface area contributed by atoms with Gasteiger partial charge in [0, 0.05) is 18.7 Å². The van der Waals surface area contributed by atoms with Crippen molar-refractivity contribution in [1.82, 2.24) is 24.6 Å². The number of halogens is 1. The Morgan fingerprint density at radius 2 is 1.79 bits per heavy atom. The van der Waals surface area contributed by atoms with E-state index in [1.165, 1.54) is 6.33 Å². The number of benzene rings is 2. The van der Waals surface area contributed by atoms with Crippen molar-refractivity contribution in [2.75, 3.05) is 25.4 Å². The molecular weight excluding hydrogens is 487 g/mol. The Morgan fingerprint density at radius 3 is 2.47 bits per heavy atom. The summed E-state index contributed by atoms with van der Waals surface area (Å²) in [6, 6.07) is 16.4. The van der Waals surface area contributed by atoms with E-state index in [2.05, 4.69) is 9.97 Å². The molecule has 1 fully saturated rings. The number of ether oxygens (including phenoxy) is 2. The van der Waals surface area contributed by atoms with Crippen molar-refractivity contribution in [3.63, 3.8) is 0 Å². The van der Waals surface area contributed by atoms with Crippen LogP contribution in [0.25, 0.3) is 22.3 Å². The summed E-state index contributed by atoms with van der Waals surface area (Å²) in [6.45, 7) is 6.09. The van der Waals surface area contributed by atoms with Crippen molar-refractivity contribution < 1.29 is 18.7 Å². The summed E-state index contributed by atoms with van der Waals surface area (Å²) in [5.41, 5.74) is 7.51. The number of carbonyl (C=O) groups is 1. The van der Waals surface area contributed by atoms with Gasteiger partial charge in [-0.25, -0.2) is 19.0 Å². The number of rotatable bonds is 6. The fourth-order valence-electron chi connectivity index (χ4n) is 4.66. The Hall–Kier alpha value is -4.05. The van der Waals surface area contributed by atoms with Crippen molar-refractivity contribution in [3.8, 4) is 22.8 Å². The molecule has 198 valence electrons. The van der Waals surface area contributed by atoms with Crippen molar-refractivity contribution in [2.45, 2.75) is 45.0 Å². The normalized spacial score (nSPS) is 18.4. The Kier molecular flexibility index (Phi) is 6.98. The van der Waals surface area contributed by atoms with Crippen molar-refractivity contribution in [2.24, 2.45) is 0 Å². The van der Waals surface area contributed by atoms with E-state index < -0.39 is 17.8 Å². The lowest BCUT2D eigenvalue weighted by atomic mass is 10.0. The molecule has 1 aliphatic heterocycles. The summed E-state index contributed by atoms with van der Waals surface area (Å²) in [7, 11) is 0. The standard InChI is InChI=1S/C28H31FN6O3/c1-28(2,3)38-23(36)16-34-14-13-22(21(29)15-34)35-27-24(26(30)31-17-32-27)25(33-35)18-9-11-20(12-10-18)37-19-7-5-4-6-8-19/h4-12,17,21-22H,13-16H2,1-3H3,(H2,30,31,32). The van der Waals surface area contributed by atoms with Crippen LogP contribution in [-0.2, 0) is 9.53 Å². The van der Waals surface area contributed by atoms with Crippen LogP contribution in [-0.4, -0.2) is 62.0 Å². The van der Waals surface area contributed by atoms with Gasteiger partial charge in [-0.3, -0.25) is 9.69 Å². The summed E-state index contributed by atoms with van der Waals surface area (Å²) < 4.78 is 28.4. The molecule has 10 heteroatoms. The van der Waals surface area contributed by atoms with Gasteiger partial charge in [-0.2, -0.15) is 5.10 Å². The second kappa shape index (κ2) is 10.4. The number of carbonyl (C=O) groups excluding carboxylic acids is 1. The van der Waals surface area contributed by atoms with E-state index in [0.717, 1.165) is 11.3 Å². The van der Waals surface area contributed by atoms with Crippen molar-refractivity contribution >= 4 is 22.8 Å². The fraction of sp³-hybridized carbons (Fsp3) is 0.357. The molecule has 2 aromatic heterocycles. The molecule has 0 radical (unpaired) electrons. The molecule has 3 heterocycles. The maximum Gasteiger partial charge on any atom is 0.320 e. The van der Waals surface area contributed by atoms with Gasteiger partial charge < -0.3 is 15.2 Å². The zero-order valence-electron chi connectivity index (χ0n) is 21.7. The maximum absolute atomic E-state index is 15.5. The molecule has 0 saturated carbocycles. The quantitative estimate of drug-likeness (QED) is 0.363. The van der Waals surface area contributed by atoms with Crippen LogP contribution < -0.4 is 10.5 Å². The van der Waals surface area contributed by atoms with Gasteiger partial charge in [-0.05, 0) is 63.6 Å². The van der Waals surface area contributed by atoms with Crippen LogP contribution in [0.1, 0.15) is 33.2 Å². The lowest BCUT2D eigenvalue weighted by Crippen LogP contribution is -2.46. The molecule has 9 nitrogen and oxygen atoms in total. The third kappa shape index (κ3) is 5.60. The molecule has 1 saturated heterocycles. The number of hydrogen-bond donors (Lipinski definition) is 1. The minimum atomic E-state index is -1.26. The van der Waals surface area contributed by atoms with Crippen LogP contribution in [0.2, 0.25) is 0 Å². The van der Waals surface area contributed by atoms with Crippen LogP contribution in [0.5, 0.6) is 11.5 Å². The van der Waals surface area contributed by atoms with E-state index >= 15 is 4.39 Å². The summed E-state index contributed by atoms with van der Waals surface area (Å²) >= 11 is 0. The Balaban J connectivity index is 1.38. The smallest absolute Gasteiger partial charge is 0.320 e. The van der Waals surface area contributed by atoms with Gasteiger partial charge in [0.05, 0.1) is 18.0 Å². The number of fused-ring (bicyclic) bond motifs is 1. The average molecular weight is 519 g/mol. The lowest BCUT2D eigenvalue weighted by molar-refractivity contribution is -0.156. The SMILES string of the molecule is CC(C)(C)OC(=O)CN1CCC(n2nc(-c3ccc(Oc4ccccc4)cc3)c3c(N)ncnc32)C(F)C1. The monoisotopic (exact) mass is 518 g/mol. The number of anilines is 1. The molecule has 0 spiro atoms. The summed E-state index contributed by atoms with van der Waals surface area (Å²) in [5.74, 6) is 1.32. The Morgan fingerprint density at radius 1 is 1.08 bits per heavy atom. The second-order valence-electron chi connectivity index (χ2n) is 10.4. The highest BCUT2D eigenvalue weighted by molar-refractivity contribution is 5.98. The molecular formula is C28H31FN6O3. The van der Waals surface area contributed by atoms with E-state index in [4.69, 9.17) is 20.3 Å². The Bertz CT molecular complexity index is 1420. The maximum atomic E-state index is 15.5. The van der Waals surface area contributed by atoms with E-state index in [1.54, 1.807) is 9.58 Å². The first-order valence-electron chi connectivity index (χ1n) is 12.6. The largest absolute Gasteiger partial charge is 0.459 e. The Labute approximate surface area is 220 Å². The molecule has 5 rings (SSSR count).